The summed E-state index contributed by atoms with van der Waals surface area (Å²) in [7, 11) is 0. The number of carbonyl (C=O) groups is 2. The maximum absolute atomic E-state index is 12.0. The van der Waals surface area contributed by atoms with E-state index in [-0.39, 0.29) is 17.7 Å². The minimum Gasteiger partial charge on any atom is -0.369 e. The molecule has 1 atom stereocenters. The molecule has 2 aromatic rings. The van der Waals surface area contributed by atoms with Crippen LogP contribution in [0.5, 0.6) is 0 Å². The maximum atomic E-state index is 12.0. The number of amides is 2. The highest BCUT2D eigenvalue weighted by atomic mass is 32.1. The van der Waals surface area contributed by atoms with Crippen LogP contribution in [0.4, 0.5) is 5.69 Å². The number of benzene rings is 1. The third-order valence-corrected chi connectivity index (χ3v) is 5.21. The van der Waals surface area contributed by atoms with Gasteiger partial charge in [-0.2, -0.15) is 11.3 Å². The van der Waals surface area contributed by atoms with Crippen LogP contribution in [0.2, 0.25) is 0 Å². The maximum Gasteiger partial charge on any atom is 0.248 e. The molecule has 1 saturated heterocycles. The lowest BCUT2D eigenvalue weighted by molar-refractivity contribution is -0.123. The van der Waals surface area contributed by atoms with Gasteiger partial charge in [-0.15, -0.1) is 0 Å². The normalized spacial score (nSPS) is 18.1. The molecule has 0 bridgehead atoms. The molecule has 3 rings (SSSR count). The first-order chi connectivity index (χ1) is 12.6. The van der Waals surface area contributed by atoms with Crippen molar-refractivity contribution in [3.63, 3.8) is 0 Å². The Morgan fingerprint density at radius 1 is 1.27 bits per heavy atom. The van der Waals surface area contributed by atoms with Crippen molar-refractivity contribution in [2.24, 2.45) is 11.7 Å². The molecule has 1 fully saturated rings. The van der Waals surface area contributed by atoms with Crippen LogP contribution in [0, 0.1) is 5.92 Å². The average Bonchev–Trinajstić information content (AvgIpc) is 3.15. The van der Waals surface area contributed by atoms with E-state index in [1.807, 2.05) is 41.1 Å². The first-order valence-corrected chi connectivity index (χ1v) is 9.66. The Hall–Kier alpha value is -2.44. The third-order valence-electron chi connectivity index (χ3n) is 4.51. The zero-order chi connectivity index (χ0) is 18.4. The molecule has 0 radical (unpaired) electrons. The highest BCUT2D eigenvalue weighted by Gasteiger charge is 2.23. The Balaban J connectivity index is 1.51. The van der Waals surface area contributed by atoms with Gasteiger partial charge in [0.25, 0.3) is 0 Å². The third kappa shape index (κ3) is 5.28. The van der Waals surface area contributed by atoms with Crippen molar-refractivity contribution in [2.45, 2.75) is 19.4 Å². The van der Waals surface area contributed by atoms with Crippen LogP contribution >= 0.6 is 11.3 Å². The van der Waals surface area contributed by atoms with E-state index >= 15 is 0 Å². The number of nitrogens with two attached hydrogens (primary N) is 1. The van der Waals surface area contributed by atoms with Crippen LogP contribution in [-0.4, -0.2) is 29.8 Å². The summed E-state index contributed by atoms with van der Waals surface area (Å²) in [5.41, 5.74) is 8.38. The number of hydrogen-bond donors (Lipinski definition) is 2. The Labute approximate surface area is 157 Å². The monoisotopic (exact) mass is 369 g/mol. The molecular formula is C20H23N3O2S. The predicted octanol–water partition coefficient (Wildman–Crippen LogP) is 3.10. The van der Waals surface area contributed by atoms with Crippen molar-refractivity contribution in [3.05, 3.63) is 58.3 Å². The van der Waals surface area contributed by atoms with E-state index in [9.17, 15) is 9.59 Å². The van der Waals surface area contributed by atoms with Crippen LogP contribution in [0.3, 0.4) is 0 Å². The number of thiophene rings is 1. The van der Waals surface area contributed by atoms with Crippen LogP contribution in [-0.2, 0) is 16.1 Å². The standard InChI is InChI=1S/C20H23N3O2S/c21-20(25)17-2-1-10-23(13-17)12-15-3-6-18(7-4-15)22-19(24)8-5-16-9-11-26-14-16/h3-9,11,14,17H,1-2,10,12-13H2,(H2,21,25)(H,22,24)/b8-5+. The Bertz CT molecular complexity index is 769. The van der Waals surface area contributed by atoms with Crippen molar-refractivity contribution in [3.8, 4) is 0 Å². The number of likely N-dealkylation sites (tertiary alicyclic amines) is 1. The minimum atomic E-state index is -0.205. The van der Waals surface area contributed by atoms with E-state index in [2.05, 4.69) is 10.2 Å². The second-order valence-electron chi connectivity index (χ2n) is 6.55. The van der Waals surface area contributed by atoms with Crippen molar-refractivity contribution < 1.29 is 9.59 Å². The molecule has 6 heteroatoms. The van der Waals surface area contributed by atoms with Crippen molar-refractivity contribution in [1.82, 2.24) is 4.90 Å². The van der Waals surface area contributed by atoms with Crippen molar-refractivity contribution in [2.75, 3.05) is 18.4 Å². The van der Waals surface area contributed by atoms with E-state index in [0.29, 0.717) is 0 Å². The lowest BCUT2D eigenvalue weighted by Crippen LogP contribution is -2.40. The van der Waals surface area contributed by atoms with Gasteiger partial charge in [0.15, 0.2) is 0 Å². The molecule has 2 heterocycles. The Morgan fingerprint density at radius 3 is 2.77 bits per heavy atom. The molecule has 0 saturated carbocycles. The topological polar surface area (TPSA) is 75.4 Å². The quantitative estimate of drug-likeness (QED) is 0.768. The van der Waals surface area contributed by atoms with Gasteiger partial charge in [0.05, 0.1) is 5.92 Å². The van der Waals surface area contributed by atoms with Crippen LogP contribution < -0.4 is 11.1 Å². The fourth-order valence-corrected chi connectivity index (χ4v) is 3.74. The number of rotatable bonds is 6. The highest BCUT2D eigenvalue weighted by molar-refractivity contribution is 7.08. The Kier molecular flexibility index (Phi) is 6.20. The van der Waals surface area contributed by atoms with Gasteiger partial charge in [0.2, 0.25) is 11.8 Å². The molecule has 3 N–H and O–H groups in total. The number of nitrogens with zero attached hydrogens (tertiary/aromatic N) is 1. The molecule has 26 heavy (non-hydrogen) atoms. The van der Waals surface area contributed by atoms with Crippen molar-refractivity contribution in [1.29, 1.82) is 0 Å². The van der Waals surface area contributed by atoms with Gasteiger partial charge in [0, 0.05) is 24.9 Å². The number of piperidine rings is 1. The molecule has 5 nitrogen and oxygen atoms in total. The van der Waals surface area contributed by atoms with Crippen LogP contribution in [0.15, 0.2) is 47.2 Å². The number of primary amides is 1. The molecule has 0 aliphatic carbocycles. The Morgan fingerprint density at radius 2 is 2.08 bits per heavy atom. The second-order valence-corrected chi connectivity index (χ2v) is 7.33. The van der Waals surface area contributed by atoms with Gasteiger partial charge in [-0.05, 0) is 65.5 Å². The minimum absolute atomic E-state index is 0.0441. The van der Waals surface area contributed by atoms with Gasteiger partial charge < -0.3 is 11.1 Å². The fourth-order valence-electron chi connectivity index (χ4n) is 3.11. The largest absolute Gasteiger partial charge is 0.369 e. The molecular weight excluding hydrogens is 346 g/mol. The van der Waals surface area contributed by atoms with Crippen LogP contribution in [0.1, 0.15) is 24.0 Å². The number of nitrogens with one attached hydrogen (secondary N) is 1. The van der Waals surface area contributed by atoms with Gasteiger partial charge >= 0.3 is 0 Å². The van der Waals surface area contributed by atoms with E-state index in [1.165, 1.54) is 6.08 Å². The number of hydrogen-bond acceptors (Lipinski definition) is 4. The zero-order valence-corrected chi connectivity index (χ0v) is 15.4. The fraction of sp³-hybridized carbons (Fsp3) is 0.300. The molecule has 136 valence electrons. The van der Waals surface area contributed by atoms with Gasteiger partial charge in [-0.1, -0.05) is 12.1 Å². The van der Waals surface area contributed by atoms with Crippen molar-refractivity contribution >= 4 is 34.9 Å². The lowest BCUT2D eigenvalue weighted by atomic mass is 9.97. The van der Waals surface area contributed by atoms with Gasteiger partial charge in [-0.25, -0.2) is 0 Å². The summed E-state index contributed by atoms with van der Waals surface area (Å²) < 4.78 is 0. The summed E-state index contributed by atoms with van der Waals surface area (Å²) in [6, 6.07) is 9.78. The SMILES string of the molecule is NC(=O)C1CCCN(Cc2ccc(NC(=O)/C=C/c3ccsc3)cc2)C1. The summed E-state index contributed by atoms with van der Waals surface area (Å²) in [5.74, 6) is -0.398. The first-order valence-electron chi connectivity index (χ1n) is 8.72. The molecule has 1 aliphatic heterocycles. The summed E-state index contributed by atoms with van der Waals surface area (Å²) in [5, 5.41) is 6.82. The highest BCUT2D eigenvalue weighted by Crippen LogP contribution is 2.19. The predicted molar refractivity (Wildman–Crippen MR) is 106 cm³/mol. The summed E-state index contributed by atoms with van der Waals surface area (Å²) in [6.07, 6.45) is 5.22. The van der Waals surface area contributed by atoms with Gasteiger partial charge in [-0.3, -0.25) is 14.5 Å². The smallest absolute Gasteiger partial charge is 0.248 e. The molecule has 1 aliphatic rings. The lowest BCUT2D eigenvalue weighted by Gasteiger charge is -2.31. The molecule has 1 aromatic carbocycles. The van der Waals surface area contributed by atoms with E-state index < -0.39 is 0 Å². The summed E-state index contributed by atoms with van der Waals surface area (Å²) in [6.45, 7) is 2.49. The number of carbonyl (C=O) groups excluding carboxylic acids is 2. The zero-order valence-electron chi connectivity index (χ0n) is 14.6. The summed E-state index contributed by atoms with van der Waals surface area (Å²) in [4.78, 5) is 25.6. The summed E-state index contributed by atoms with van der Waals surface area (Å²) >= 11 is 1.60. The first kappa shape index (κ1) is 18.4. The molecule has 2 amide bonds. The number of anilines is 1. The molecule has 1 aromatic heterocycles. The van der Waals surface area contributed by atoms with Gasteiger partial charge in [0.1, 0.15) is 0 Å². The average molecular weight is 369 g/mol. The van der Waals surface area contributed by atoms with E-state index in [4.69, 9.17) is 5.73 Å². The molecule has 1 unspecified atom stereocenters. The second kappa shape index (κ2) is 8.78. The molecule has 0 spiro atoms. The van der Waals surface area contributed by atoms with E-state index in [1.54, 1.807) is 17.4 Å². The van der Waals surface area contributed by atoms with Crippen LogP contribution in [0.25, 0.3) is 6.08 Å². The van der Waals surface area contributed by atoms with E-state index in [0.717, 1.165) is 49.3 Å².